The lowest BCUT2D eigenvalue weighted by Gasteiger charge is -2.34. The van der Waals surface area contributed by atoms with E-state index in [0.717, 1.165) is 11.8 Å². The first-order valence-electron chi connectivity index (χ1n) is 7.58. The van der Waals surface area contributed by atoms with Gasteiger partial charge >= 0.3 is 0 Å². The molecule has 2 amide bonds. The molecule has 2 aliphatic rings. The molecule has 24 heavy (non-hydrogen) atoms. The van der Waals surface area contributed by atoms with Crippen LogP contribution in [0.1, 0.15) is 18.4 Å². The van der Waals surface area contributed by atoms with Crippen LogP contribution >= 0.6 is 11.8 Å². The molecule has 2 saturated heterocycles. The van der Waals surface area contributed by atoms with Crippen molar-refractivity contribution in [2.24, 2.45) is 0 Å². The van der Waals surface area contributed by atoms with Crippen LogP contribution < -0.4 is 0 Å². The molecule has 6 nitrogen and oxygen atoms in total. The smallest absolute Gasteiger partial charge is 0.273 e. The summed E-state index contributed by atoms with van der Waals surface area (Å²) < 4.78 is 39.2. The van der Waals surface area contributed by atoms with Crippen molar-refractivity contribution in [1.29, 1.82) is 0 Å². The third-order valence-electron chi connectivity index (χ3n) is 4.23. The van der Waals surface area contributed by atoms with Gasteiger partial charge in [-0.25, -0.2) is 17.1 Å². The van der Waals surface area contributed by atoms with Gasteiger partial charge in [0.05, 0.1) is 11.5 Å². The number of nitrogens with zero attached hydrogens (tertiary/aromatic N) is 2. The number of sulfonamides is 1. The maximum absolute atomic E-state index is 12.9. The van der Waals surface area contributed by atoms with Crippen molar-refractivity contribution in [2.45, 2.75) is 24.6 Å². The summed E-state index contributed by atoms with van der Waals surface area (Å²) in [6.45, 7) is 0.547. The van der Waals surface area contributed by atoms with Gasteiger partial charge in [-0.1, -0.05) is 23.9 Å². The van der Waals surface area contributed by atoms with Crippen LogP contribution in [0.4, 0.5) is 9.18 Å². The van der Waals surface area contributed by atoms with E-state index in [2.05, 4.69) is 0 Å². The molecule has 2 aliphatic heterocycles. The van der Waals surface area contributed by atoms with Crippen molar-refractivity contribution in [3.05, 3.63) is 35.6 Å². The Morgan fingerprint density at radius 2 is 1.75 bits per heavy atom. The predicted octanol–water partition coefficient (Wildman–Crippen LogP) is 1.82. The van der Waals surface area contributed by atoms with Gasteiger partial charge in [0.25, 0.3) is 5.24 Å². The summed E-state index contributed by atoms with van der Waals surface area (Å²) in [4.78, 5) is 24.8. The minimum absolute atomic E-state index is 0.169. The van der Waals surface area contributed by atoms with Crippen molar-refractivity contribution in [2.75, 3.05) is 18.8 Å². The zero-order valence-corrected chi connectivity index (χ0v) is 14.5. The summed E-state index contributed by atoms with van der Waals surface area (Å²) in [5.74, 6) is -0.621. The van der Waals surface area contributed by atoms with Crippen LogP contribution in [0.3, 0.4) is 0 Å². The highest BCUT2D eigenvalue weighted by Gasteiger charge is 2.39. The van der Waals surface area contributed by atoms with Crippen LogP contribution in [-0.2, 0) is 20.6 Å². The van der Waals surface area contributed by atoms with Crippen LogP contribution in [0.25, 0.3) is 0 Å². The first-order valence-corrected chi connectivity index (χ1v) is 10.2. The van der Waals surface area contributed by atoms with Crippen molar-refractivity contribution in [3.8, 4) is 0 Å². The molecular formula is C15H17FN2O4S2. The Kier molecular flexibility index (Phi) is 4.93. The standard InChI is InChI=1S/C15H17FN2O4S2/c16-12-3-1-11(2-4-12)10-24(21,22)17-7-5-13(6-8-17)18-14(19)9-23-15(18)20/h1-4,13H,5-10H2. The Balaban J connectivity index is 1.62. The lowest BCUT2D eigenvalue weighted by Crippen LogP contribution is -2.48. The van der Waals surface area contributed by atoms with E-state index in [1.807, 2.05) is 0 Å². The molecule has 9 heteroatoms. The SMILES string of the molecule is O=C1CSC(=O)N1C1CCN(S(=O)(=O)Cc2ccc(F)cc2)CC1. The molecule has 2 fully saturated rings. The summed E-state index contributed by atoms with van der Waals surface area (Å²) in [6, 6.07) is 5.16. The quantitative estimate of drug-likeness (QED) is 0.806. The minimum Gasteiger partial charge on any atom is -0.273 e. The monoisotopic (exact) mass is 372 g/mol. The third-order valence-corrected chi connectivity index (χ3v) is 6.91. The van der Waals surface area contributed by atoms with Crippen LogP contribution in [0.2, 0.25) is 0 Å². The highest BCUT2D eigenvalue weighted by Crippen LogP contribution is 2.28. The van der Waals surface area contributed by atoms with E-state index >= 15 is 0 Å². The van der Waals surface area contributed by atoms with E-state index in [-0.39, 0.29) is 41.8 Å². The van der Waals surface area contributed by atoms with Gasteiger partial charge in [-0.15, -0.1) is 0 Å². The Hall–Kier alpha value is -1.45. The molecule has 0 bridgehead atoms. The maximum Gasteiger partial charge on any atom is 0.289 e. The number of halogens is 1. The van der Waals surface area contributed by atoms with Gasteiger partial charge in [0, 0.05) is 19.1 Å². The van der Waals surface area contributed by atoms with Crippen molar-refractivity contribution < 1.29 is 22.4 Å². The predicted molar refractivity (Wildman–Crippen MR) is 88.3 cm³/mol. The van der Waals surface area contributed by atoms with Crippen LogP contribution in [0.15, 0.2) is 24.3 Å². The molecule has 3 rings (SSSR count). The number of carbonyl (C=O) groups is 2. The Morgan fingerprint density at radius 3 is 2.29 bits per heavy atom. The van der Waals surface area contributed by atoms with E-state index in [1.54, 1.807) is 0 Å². The van der Waals surface area contributed by atoms with Crippen molar-refractivity contribution >= 4 is 32.9 Å². The van der Waals surface area contributed by atoms with Gasteiger partial charge in [0.15, 0.2) is 0 Å². The largest absolute Gasteiger partial charge is 0.289 e. The summed E-state index contributed by atoms with van der Waals surface area (Å²) in [5.41, 5.74) is 0.528. The van der Waals surface area contributed by atoms with E-state index < -0.39 is 15.8 Å². The number of thioether (sulfide) groups is 1. The second kappa shape index (κ2) is 6.81. The normalized spacial score (nSPS) is 20.8. The molecule has 0 radical (unpaired) electrons. The molecule has 2 heterocycles. The Labute approximate surface area is 144 Å². The Morgan fingerprint density at radius 1 is 1.12 bits per heavy atom. The molecular weight excluding hydrogens is 355 g/mol. The summed E-state index contributed by atoms with van der Waals surface area (Å²) in [7, 11) is -3.51. The van der Waals surface area contributed by atoms with E-state index in [0.29, 0.717) is 18.4 Å². The number of rotatable bonds is 4. The molecule has 0 aromatic heterocycles. The lowest BCUT2D eigenvalue weighted by molar-refractivity contribution is -0.126. The zero-order chi connectivity index (χ0) is 17.3. The van der Waals surface area contributed by atoms with Crippen molar-refractivity contribution in [1.82, 2.24) is 9.21 Å². The fourth-order valence-corrected chi connectivity index (χ4v) is 5.32. The second-order valence-corrected chi connectivity index (χ2v) is 8.73. The second-order valence-electron chi connectivity index (χ2n) is 5.83. The fraction of sp³-hybridized carbons (Fsp3) is 0.467. The molecule has 0 aliphatic carbocycles. The maximum atomic E-state index is 12.9. The Bertz CT molecular complexity index is 727. The van der Waals surface area contributed by atoms with Gasteiger partial charge in [-0.3, -0.25) is 14.5 Å². The third kappa shape index (κ3) is 3.62. The zero-order valence-electron chi connectivity index (χ0n) is 12.9. The van der Waals surface area contributed by atoms with Gasteiger partial charge in [-0.2, -0.15) is 0 Å². The molecule has 130 valence electrons. The lowest BCUT2D eigenvalue weighted by atomic mass is 10.1. The average molecular weight is 372 g/mol. The molecule has 0 spiro atoms. The van der Waals surface area contributed by atoms with Crippen molar-refractivity contribution in [3.63, 3.8) is 0 Å². The van der Waals surface area contributed by atoms with Gasteiger partial charge < -0.3 is 0 Å². The summed E-state index contributed by atoms with van der Waals surface area (Å²) >= 11 is 0.991. The minimum atomic E-state index is -3.51. The number of amides is 2. The number of imide groups is 1. The molecule has 0 N–H and O–H groups in total. The number of hydrogen-bond acceptors (Lipinski definition) is 5. The van der Waals surface area contributed by atoms with E-state index in [1.165, 1.54) is 33.5 Å². The molecule has 0 saturated carbocycles. The van der Waals surface area contributed by atoms with Gasteiger partial charge in [0.1, 0.15) is 5.82 Å². The fourth-order valence-electron chi connectivity index (χ4n) is 2.98. The number of piperidine rings is 1. The van der Waals surface area contributed by atoms with E-state index in [9.17, 15) is 22.4 Å². The van der Waals surface area contributed by atoms with Crippen LogP contribution in [0, 0.1) is 5.82 Å². The first kappa shape index (κ1) is 17.4. The molecule has 0 unspecified atom stereocenters. The van der Waals surface area contributed by atoms with Crippen LogP contribution in [-0.4, -0.2) is 53.7 Å². The van der Waals surface area contributed by atoms with Crippen LogP contribution in [0.5, 0.6) is 0 Å². The highest BCUT2D eigenvalue weighted by molar-refractivity contribution is 8.14. The average Bonchev–Trinajstić information content (AvgIpc) is 2.88. The summed E-state index contributed by atoms with van der Waals surface area (Å²) in [5, 5.41) is -0.243. The number of carbonyl (C=O) groups excluding carboxylic acids is 2. The van der Waals surface area contributed by atoms with Gasteiger partial charge in [-0.05, 0) is 30.5 Å². The number of hydrogen-bond donors (Lipinski definition) is 0. The molecule has 1 aromatic rings. The van der Waals surface area contributed by atoms with Gasteiger partial charge in [0.2, 0.25) is 15.9 Å². The number of benzene rings is 1. The van der Waals surface area contributed by atoms with E-state index in [4.69, 9.17) is 0 Å². The molecule has 1 aromatic carbocycles. The topological polar surface area (TPSA) is 74.8 Å². The molecule has 0 atom stereocenters. The first-order chi connectivity index (χ1) is 11.4. The highest BCUT2D eigenvalue weighted by atomic mass is 32.2. The summed E-state index contributed by atoms with van der Waals surface area (Å²) in [6.07, 6.45) is 0.890.